The summed E-state index contributed by atoms with van der Waals surface area (Å²) in [6, 6.07) is 7.45. The SMILES string of the molecule is CCCNC(c1ccc2c(c1)COC2)C(C)C1CC1. The summed E-state index contributed by atoms with van der Waals surface area (Å²) in [5, 5.41) is 3.76. The van der Waals surface area contributed by atoms with E-state index in [0.29, 0.717) is 6.04 Å². The van der Waals surface area contributed by atoms with Crippen molar-refractivity contribution >= 4 is 0 Å². The average molecular weight is 259 g/mol. The first-order valence-electron chi connectivity index (χ1n) is 7.72. The molecule has 1 aliphatic heterocycles. The largest absolute Gasteiger partial charge is 0.372 e. The fourth-order valence-corrected chi connectivity index (χ4v) is 3.19. The Labute approximate surface area is 116 Å². The Morgan fingerprint density at radius 3 is 2.79 bits per heavy atom. The van der Waals surface area contributed by atoms with Crippen LogP contribution >= 0.6 is 0 Å². The Hall–Kier alpha value is -0.860. The van der Waals surface area contributed by atoms with Gasteiger partial charge in [-0.3, -0.25) is 0 Å². The minimum Gasteiger partial charge on any atom is -0.372 e. The number of benzene rings is 1. The second-order valence-electron chi connectivity index (χ2n) is 6.15. The zero-order valence-corrected chi connectivity index (χ0v) is 12.1. The fourth-order valence-electron chi connectivity index (χ4n) is 3.19. The Morgan fingerprint density at radius 1 is 1.26 bits per heavy atom. The lowest BCUT2D eigenvalue weighted by atomic mass is 9.89. The molecule has 1 N–H and O–H groups in total. The van der Waals surface area contributed by atoms with Crippen LogP contribution in [0.4, 0.5) is 0 Å². The quantitative estimate of drug-likeness (QED) is 0.839. The zero-order chi connectivity index (χ0) is 13.2. The highest BCUT2D eigenvalue weighted by atomic mass is 16.5. The topological polar surface area (TPSA) is 21.3 Å². The number of fused-ring (bicyclic) bond motifs is 1. The zero-order valence-electron chi connectivity index (χ0n) is 12.1. The van der Waals surface area contributed by atoms with E-state index < -0.39 is 0 Å². The van der Waals surface area contributed by atoms with Crippen molar-refractivity contribution in [2.75, 3.05) is 6.54 Å². The van der Waals surface area contributed by atoms with Gasteiger partial charge in [-0.25, -0.2) is 0 Å². The number of rotatable bonds is 6. The second kappa shape index (κ2) is 5.64. The molecule has 2 nitrogen and oxygen atoms in total. The predicted molar refractivity (Wildman–Crippen MR) is 77.9 cm³/mol. The van der Waals surface area contributed by atoms with Crippen LogP contribution in [0.3, 0.4) is 0 Å². The highest BCUT2D eigenvalue weighted by Crippen LogP contribution is 2.43. The van der Waals surface area contributed by atoms with Gasteiger partial charge in [0, 0.05) is 6.04 Å². The number of ether oxygens (including phenoxy) is 1. The van der Waals surface area contributed by atoms with Crippen molar-refractivity contribution in [3.8, 4) is 0 Å². The van der Waals surface area contributed by atoms with Gasteiger partial charge in [0.1, 0.15) is 0 Å². The van der Waals surface area contributed by atoms with Crippen LogP contribution in [0.15, 0.2) is 18.2 Å². The van der Waals surface area contributed by atoms with Crippen molar-refractivity contribution in [1.82, 2.24) is 5.32 Å². The van der Waals surface area contributed by atoms with Gasteiger partial charge < -0.3 is 10.1 Å². The van der Waals surface area contributed by atoms with Gasteiger partial charge in [0.05, 0.1) is 13.2 Å². The normalized spacial score (nSPS) is 21.2. The van der Waals surface area contributed by atoms with Crippen molar-refractivity contribution in [3.63, 3.8) is 0 Å². The molecule has 104 valence electrons. The summed E-state index contributed by atoms with van der Waals surface area (Å²) < 4.78 is 5.53. The van der Waals surface area contributed by atoms with Crippen LogP contribution in [-0.4, -0.2) is 6.54 Å². The summed E-state index contributed by atoms with van der Waals surface area (Å²) >= 11 is 0. The Morgan fingerprint density at radius 2 is 2.05 bits per heavy atom. The Bertz CT molecular complexity index is 439. The van der Waals surface area contributed by atoms with E-state index >= 15 is 0 Å². The number of hydrogen-bond donors (Lipinski definition) is 1. The van der Waals surface area contributed by atoms with Gasteiger partial charge >= 0.3 is 0 Å². The predicted octanol–water partition coefficient (Wildman–Crippen LogP) is 3.80. The van der Waals surface area contributed by atoms with Gasteiger partial charge in [-0.1, -0.05) is 32.0 Å². The van der Waals surface area contributed by atoms with Crippen LogP contribution in [-0.2, 0) is 18.0 Å². The highest BCUT2D eigenvalue weighted by Gasteiger charge is 2.34. The number of hydrogen-bond acceptors (Lipinski definition) is 2. The van der Waals surface area contributed by atoms with E-state index in [2.05, 4.69) is 37.4 Å². The smallest absolute Gasteiger partial charge is 0.0725 e. The molecule has 1 heterocycles. The lowest BCUT2D eigenvalue weighted by molar-refractivity contribution is 0.134. The van der Waals surface area contributed by atoms with E-state index in [1.165, 1.54) is 36.0 Å². The van der Waals surface area contributed by atoms with Gasteiger partial charge in [0.2, 0.25) is 0 Å². The van der Waals surface area contributed by atoms with Crippen molar-refractivity contribution in [3.05, 3.63) is 34.9 Å². The molecule has 1 aromatic rings. The fraction of sp³-hybridized carbons (Fsp3) is 0.647. The molecule has 1 fully saturated rings. The maximum absolute atomic E-state index is 5.53. The van der Waals surface area contributed by atoms with Gasteiger partial charge in [0.15, 0.2) is 0 Å². The molecule has 2 aliphatic rings. The van der Waals surface area contributed by atoms with Gasteiger partial charge in [-0.15, -0.1) is 0 Å². The second-order valence-corrected chi connectivity index (χ2v) is 6.15. The molecule has 0 spiro atoms. The first kappa shape index (κ1) is 13.1. The molecule has 2 heteroatoms. The summed E-state index contributed by atoms with van der Waals surface area (Å²) in [5.41, 5.74) is 4.22. The van der Waals surface area contributed by atoms with Gasteiger partial charge in [-0.05, 0) is 54.3 Å². The van der Waals surface area contributed by atoms with Crippen molar-refractivity contribution in [2.45, 2.75) is 52.4 Å². The minimum absolute atomic E-state index is 0.512. The van der Waals surface area contributed by atoms with Crippen LogP contribution in [0.1, 0.15) is 55.8 Å². The molecule has 3 rings (SSSR count). The Balaban J connectivity index is 1.81. The van der Waals surface area contributed by atoms with E-state index in [1.807, 2.05) is 0 Å². The minimum atomic E-state index is 0.512. The van der Waals surface area contributed by atoms with E-state index in [1.54, 1.807) is 0 Å². The molecule has 1 aromatic carbocycles. The third kappa shape index (κ3) is 2.85. The van der Waals surface area contributed by atoms with Crippen molar-refractivity contribution in [2.24, 2.45) is 11.8 Å². The van der Waals surface area contributed by atoms with Crippen LogP contribution in [0.25, 0.3) is 0 Å². The lowest BCUT2D eigenvalue weighted by Crippen LogP contribution is -2.28. The van der Waals surface area contributed by atoms with Crippen molar-refractivity contribution < 1.29 is 4.74 Å². The molecule has 0 amide bonds. The summed E-state index contributed by atoms with van der Waals surface area (Å²) in [6.45, 7) is 7.34. The van der Waals surface area contributed by atoms with E-state index in [-0.39, 0.29) is 0 Å². The molecule has 0 saturated heterocycles. The number of nitrogens with one attached hydrogen (secondary N) is 1. The van der Waals surface area contributed by atoms with Crippen LogP contribution in [0.5, 0.6) is 0 Å². The first-order chi connectivity index (χ1) is 9.29. The molecule has 19 heavy (non-hydrogen) atoms. The maximum atomic E-state index is 5.53. The van der Waals surface area contributed by atoms with Gasteiger partial charge in [-0.2, -0.15) is 0 Å². The molecular formula is C17H25NO. The van der Waals surface area contributed by atoms with Crippen LogP contribution in [0, 0.1) is 11.8 Å². The molecule has 0 aromatic heterocycles. The first-order valence-corrected chi connectivity index (χ1v) is 7.72. The van der Waals surface area contributed by atoms with E-state index in [9.17, 15) is 0 Å². The maximum Gasteiger partial charge on any atom is 0.0725 e. The summed E-state index contributed by atoms with van der Waals surface area (Å²) in [5.74, 6) is 1.67. The molecule has 1 saturated carbocycles. The molecule has 2 unspecified atom stereocenters. The molecule has 0 bridgehead atoms. The summed E-state index contributed by atoms with van der Waals surface area (Å²) in [7, 11) is 0. The van der Waals surface area contributed by atoms with Crippen molar-refractivity contribution in [1.29, 1.82) is 0 Å². The average Bonchev–Trinajstić information content (AvgIpc) is 3.17. The standard InChI is InChI=1S/C17H25NO/c1-3-8-18-17(12(2)13-4-5-13)14-6-7-15-10-19-11-16(15)9-14/h6-7,9,12-13,17-18H,3-5,8,10-11H2,1-2H3. The van der Waals surface area contributed by atoms with Gasteiger partial charge in [0.25, 0.3) is 0 Å². The van der Waals surface area contributed by atoms with E-state index in [0.717, 1.165) is 31.6 Å². The van der Waals surface area contributed by atoms with E-state index in [4.69, 9.17) is 4.74 Å². The molecule has 0 radical (unpaired) electrons. The van der Waals surface area contributed by atoms with Crippen LogP contribution < -0.4 is 5.32 Å². The third-order valence-corrected chi connectivity index (χ3v) is 4.61. The molecule has 2 atom stereocenters. The monoisotopic (exact) mass is 259 g/mol. The van der Waals surface area contributed by atoms with Crippen LogP contribution in [0.2, 0.25) is 0 Å². The molecular weight excluding hydrogens is 234 g/mol. The lowest BCUT2D eigenvalue weighted by Gasteiger charge is -2.26. The third-order valence-electron chi connectivity index (χ3n) is 4.61. The Kier molecular flexibility index (Phi) is 3.90. The molecule has 1 aliphatic carbocycles. The summed E-state index contributed by atoms with van der Waals surface area (Å²) in [4.78, 5) is 0. The highest BCUT2D eigenvalue weighted by molar-refractivity contribution is 5.35. The summed E-state index contributed by atoms with van der Waals surface area (Å²) in [6.07, 6.45) is 4.03.